The average Bonchev–Trinajstić information content (AvgIpc) is 3.10. The molecule has 0 aromatic carbocycles. The molecule has 0 amide bonds. The number of aliphatic hydroxyl groups is 2. The van der Waals surface area contributed by atoms with E-state index in [1.165, 1.54) is 44.9 Å². The summed E-state index contributed by atoms with van der Waals surface area (Å²) in [5, 5.41) is 21.6. The summed E-state index contributed by atoms with van der Waals surface area (Å²) in [4.78, 5) is 0. The fraction of sp³-hybridized carbons (Fsp3) is 1.00. The highest BCUT2D eigenvalue weighted by molar-refractivity contribution is 5.10. The Balaban J connectivity index is 1.40. The molecule has 0 radical (unpaired) electrons. The van der Waals surface area contributed by atoms with Crippen LogP contribution in [0.3, 0.4) is 0 Å². The Morgan fingerprint density at radius 2 is 1.67 bits per heavy atom. The Morgan fingerprint density at radius 1 is 0.939 bits per heavy atom. The standard InChI is InChI=1S/C30H54O3/c1-21(12-15-27(2,31)14-7-19-33-6)24-10-11-25-23-9-8-22-20-28(3,32)17-18-29(22,4)26(23)13-16-30(24,25)5/h21-26,31-32H,7-20H2,1-6H3/t21-,22+,23+,24-,25+,26+,27?,28+,29+,30-/m1/s1. The molecule has 4 rings (SSSR count). The lowest BCUT2D eigenvalue weighted by Crippen LogP contribution is -2.55. The fourth-order valence-electron chi connectivity index (χ4n) is 9.87. The molecule has 2 N–H and O–H groups in total. The van der Waals surface area contributed by atoms with Crippen molar-refractivity contribution in [1.29, 1.82) is 0 Å². The molecule has 4 aliphatic carbocycles. The molecule has 1 unspecified atom stereocenters. The first-order valence-corrected chi connectivity index (χ1v) is 14.4. The van der Waals surface area contributed by atoms with E-state index in [0.717, 1.165) is 74.7 Å². The van der Waals surface area contributed by atoms with Gasteiger partial charge < -0.3 is 14.9 Å². The highest BCUT2D eigenvalue weighted by atomic mass is 16.5. The largest absolute Gasteiger partial charge is 0.390 e. The molecule has 0 spiro atoms. The molecule has 0 aliphatic heterocycles. The first kappa shape index (κ1) is 26.0. The molecule has 10 atom stereocenters. The Labute approximate surface area is 204 Å². The molecule has 4 saturated carbocycles. The first-order chi connectivity index (χ1) is 15.4. The average molecular weight is 463 g/mol. The minimum absolute atomic E-state index is 0.432. The van der Waals surface area contributed by atoms with Gasteiger partial charge >= 0.3 is 0 Å². The summed E-state index contributed by atoms with van der Waals surface area (Å²) in [6, 6.07) is 0. The SMILES string of the molecule is COCCCC(C)(O)CC[C@@H](C)[C@H]1CC[C@H]2[C@@H]3CC[C@H]4C[C@@](C)(O)CC[C@]4(C)[C@H]3CC[C@]12C. The van der Waals surface area contributed by atoms with Crippen LogP contribution in [0, 0.1) is 46.3 Å². The second kappa shape index (κ2) is 9.40. The molecule has 192 valence electrons. The van der Waals surface area contributed by atoms with E-state index in [4.69, 9.17) is 4.74 Å². The number of hydrogen-bond donors (Lipinski definition) is 2. The lowest BCUT2D eigenvalue weighted by Gasteiger charge is -2.62. The van der Waals surface area contributed by atoms with Crippen LogP contribution in [0.5, 0.6) is 0 Å². The van der Waals surface area contributed by atoms with Crippen molar-refractivity contribution in [2.24, 2.45) is 46.3 Å². The van der Waals surface area contributed by atoms with E-state index < -0.39 is 11.2 Å². The van der Waals surface area contributed by atoms with E-state index in [0.29, 0.717) is 16.7 Å². The quantitative estimate of drug-likeness (QED) is 0.382. The van der Waals surface area contributed by atoms with Gasteiger partial charge in [0.05, 0.1) is 11.2 Å². The van der Waals surface area contributed by atoms with Crippen molar-refractivity contribution < 1.29 is 14.9 Å². The van der Waals surface area contributed by atoms with Gasteiger partial charge in [0.1, 0.15) is 0 Å². The fourth-order valence-corrected chi connectivity index (χ4v) is 9.87. The summed E-state index contributed by atoms with van der Waals surface area (Å²) in [7, 11) is 1.74. The summed E-state index contributed by atoms with van der Waals surface area (Å²) in [5.74, 6) is 4.91. The summed E-state index contributed by atoms with van der Waals surface area (Å²) in [5.41, 5.74) is -0.0414. The maximum atomic E-state index is 10.9. The number of methoxy groups -OCH3 is 1. The monoisotopic (exact) mass is 462 g/mol. The van der Waals surface area contributed by atoms with E-state index in [1.807, 2.05) is 6.92 Å². The van der Waals surface area contributed by atoms with Crippen LogP contribution in [-0.4, -0.2) is 35.1 Å². The molecule has 0 saturated heterocycles. The molecule has 4 aliphatic rings. The van der Waals surface area contributed by atoms with E-state index in [2.05, 4.69) is 27.7 Å². The van der Waals surface area contributed by atoms with Gasteiger partial charge in [0.25, 0.3) is 0 Å². The van der Waals surface area contributed by atoms with Crippen LogP contribution in [0.1, 0.15) is 118 Å². The lowest BCUT2D eigenvalue weighted by atomic mass is 9.43. The number of hydrogen-bond acceptors (Lipinski definition) is 3. The van der Waals surface area contributed by atoms with Gasteiger partial charge in [-0.1, -0.05) is 20.8 Å². The predicted octanol–water partition coefficient (Wildman–Crippen LogP) is 6.99. The summed E-state index contributed by atoms with van der Waals surface area (Å²) in [6.07, 6.45) is 15.5. The minimum Gasteiger partial charge on any atom is -0.390 e. The van der Waals surface area contributed by atoms with Crippen molar-refractivity contribution in [1.82, 2.24) is 0 Å². The van der Waals surface area contributed by atoms with Crippen LogP contribution in [0.15, 0.2) is 0 Å². The van der Waals surface area contributed by atoms with Gasteiger partial charge in [-0.25, -0.2) is 0 Å². The van der Waals surface area contributed by atoms with Gasteiger partial charge in [0.2, 0.25) is 0 Å². The minimum atomic E-state index is -0.557. The van der Waals surface area contributed by atoms with Crippen LogP contribution in [0.4, 0.5) is 0 Å². The van der Waals surface area contributed by atoms with Crippen LogP contribution < -0.4 is 0 Å². The molecule has 33 heavy (non-hydrogen) atoms. The van der Waals surface area contributed by atoms with E-state index in [-0.39, 0.29) is 0 Å². The third-order valence-corrected chi connectivity index (χ3v) is 11.9. The van der Waals surface area contributed by atoms with E-state index in [1.54, 1.807) is 7.11 Å². The normalized spacial score (nSPS) is 47.8. The summed E-state index contributed by atoms with van der Waals surface area (Å²) in [6.45, 7) is 12.6. The summed E-state index contributed by atoms with van der Waals surface area (Å²) < 4.78 is 5.19. The number of ether oxygens (including phenoxy) is 1. The van der Waals surface area contributed by atoms with Crippen molar-refractivity contribution >= 4 is 0 Å². The second-order valence-corrected chi connectivity index (χ2v) is 14.2. The van der Waals surface area contributed by atoms with Gasteiger partial charge in [0, 0.05) is 13.7 Å². The third-order valence-electron chi connectivity index (χ3n) is 11.9. The highest BCUT2D eigenvalue weighted by Crippen LogP contribution is 2.68. The Bertz CT molecular complexity index is 671. The van der Waals surface area contributed by atoms with Crippen molar-refractivity contribution in [3.63, 3.8) is 0 Å². The van der Waals surface area contributed by atoms with Crippen LogP contribution in [0.2, 0.25) is 0 Å². The second-order valence-electron chi connectivity index (χ2n) is 14.2. The molecule has 0 aromatic rings. The van der Waals surface area contributed by atoms with Crippen molar-refractivity contribution in [2.75, 3.05) is 13.7 Å². The number of rotatable bonds is 8. The molecule has 3 nitrogen and oxygen atoms in total. The Morgan fingerprint density at radius 3 is 2.39 bits per heavy atom. The van der Waals surface area contributed by atoms with E-state index >= 15 is 0 Å². The molecule has 4 fully saturated rings. The molecular formula is C30H54O3. The van der Waals surface area contributed by atoms with Crippen molar-refractivity contribution in [3.8, 4) is 0 Å². The van der Waals surface area contributed by atoms with Crippen molar-refractivity contribution in [3.05, 3.63) is 0 Å². The summed E-state index contributed by atoms with van der Waals surface area (Å²) >= 11 is 0. The molecule has 0 aromatic heterocycles. The molecule has 0 heterocycles. The Kier molecular flexibility index (Phi) is 7.39. The van der Waals surface area contributed by atoms with Crippen LogP contribution >= 0.6 is 0 Å². The third kappa shape index (κ3) is 4.94. The first-order valence-electron chi connectivity index (χ1n) is 14.4. The number of fused-ring (bicyclic) bond motifs is 5. The molecular weight excluding hydrogens is 408 g/mol. The smallest absolute Gasteiger partial charge is 0.0622 e. The maximum Gasteiger partial charge on any atom is 0.0622 e. The molecule has 3 heteroatoms. The zero-order valence-corrected chi connectivity index (χ0v) is 22.7. The van der Waals surface area contributed by atoms with Gasteiger partial charge in [-0.15, -0.1) is 0 Å². The van der Waals surface area contributed by atoms with E-state index in [9.17, 15) is 10.2 Å². The maximum absolute atomic E-state index is 10.9. The van der Waals surface area contributed by atoms with Gasteiger partial charge in [-0.05, 0) is 144 Å². The molecule has 0 bridgehead atoms. The predicted molar refractivity (Wildman–Crippen MR) is 136 cm³/mol. The van der Waals surface area contributed by atoms with Gasteiger partial charge in [-0.3, -0.25) is 0 Å². The van der Waals surface area contributed by atoms with Crippen LogP contribution in [0.25, 0.3) is 0 Å². The van der Waals surface area contributed by atoms with Crippen LogP contribution in [-0.2, 0) is 4.74 Å². The van der Waals surface area contributed by atoms with Crippen molar-refractivity contribution in [2.45, 2.75) is 129 Å². The highest BCUT2D eigenvalue weighted by Gasteiger charge is 2.61. The van der Waals surface area contributed by atoms with Gasteiger partial charge in [0.15, 0.2) is 0 Å². The topological polar surface area (TPSA) is 49.7 Å². The zero-order valence-electron chi connectivity index (χ0n) is 22.7. The lowest BCUT2D eigenvalue weighted by molar-refractivity contribution is -0.148. The zero-order chi connectivity index (χ0) is 24.1. The van der Waals surface area contributed by atoms with Gasteiger partial charge in [-0.2, -0.15) is 0 Å². The Hall–Kier alpha value is -0.120.